The van der Waals surface area contributed by atoms with E-state index in [1.165, 1.54) is 24.5 Å². The third kappa shape index (κ3) is 3.83. The van der Waals surface area contributed by atoms with E-state index in [0.717, 1.165) is 16.6 Å². The molecule has 0 fully saturated rings. The molecular weight excluding hydrogens is 444 g/mol. The summed E-state index contributed by atoms with van der Waals surface area (Å²) < 4.78 is 23.5. The SMILES string of the molecule is COC(=O)c1ccc(COc2ccc(C=c3sc4nc5ccccc5n4c3=O)cc2OC)o1. The number of aromatic nitrogens is 2. The molecule has 3 aromatic heterocycles. The third-order valence-electron chi connectivity index (χ3n) is 5.05. The molecule has 9 heteroatoms. The maximum Gasteiger partial charge on any atom is 0.373 e. The molecule has 0 aliphatic carbocycles. The maximum atomic E-state index is 13.0. The minimum atomic E-state index is -0.550. The normalized spacial score (nSPS) is 11.9. The number of thiazole rings is 1. The van der Waals surface area contributed by atoms with Gasteiger partial charge in [-0.25, -0.2) is 14.2 Å². The summed E-state index contributed by atoms with van der Waals surface area (Å²) in [6.07, 6.45) is 1.80. The Morgan fingerprint density at radius 2 is 1.97 bits per heavy atom. The summed E-state index contributed by atoms with van der Waals surface area (Å²) in [6, 6.07) is 16.1. The molecule has 0 saturated carbocycles. The number of hydrogen-bond donors (Lipinski definition) is 0. The van der Waals surface area contributed by atoms with Gasteiger partial charge in [0.05, 0.1) is 29.8 Å². The van der Waals surface area contributed by atoms with Gasteiger partial charge in [-0.15, -0.1) is 0 Å². The highest BCUT2D eigenvalue weighted by Crippen LogP contribution is 2.29. The summed E-state index contributed by atoms with van der Waals surface area (Å²) in [5.41, 5.74) is 2.27. The first-order valence-electron chi connectivity index (χ1n) is 9.97. The second kappa shape index (κ2) is 8.44. The third-order valence-corrected chi connectivity index (χ3v) is 6.02. The van der Waals surface area contributed by atoms with Crippen LogP contribution in [0.4, 0.5) is 0 Å². The number of furan rings is 1. The number of nitrogens with zero attached hydrogens (tertiary/aromatic N) is 2. The van der Waals surface area contributed by atoms with Gasteiger partial charge in [-0.2, -0.15) is 0 Å². The molecule has 5 aromatic rings. The van der Waals surface area contributed by atoms with Crippen LogP contribution in [-0.4, -0.2) is 29.6 Å². The van der Waals surface area contributed by atoms with Crippen molar-refractivity contribution < 1.29 is 23.4 Å². The second-order valence-electron chi connectivity index (χ2n) is 7.09. The zero-order valence-electron chi connectivity index (χ0n) is 17.7. The van der Waals surface area contributed by atoms with Crippen molar-refractivity contribution in [2.75, 3.05) is 14.2 Å². The molecule has 0 radical (unpaired) electrons. The summed E-state index contributed by atoms with van der Waals surface area (Å²) in [5.74, 6) is 1.03. The fraction of sp³-hybridized carbons (Fsp3) is 0.125. The smallest absolute Gasteiger partial charge is 0.373 e. The number of fused-ring (bicyclic) bond motifs is 3. The van der Waals surface area contributed by atoms with E-state index in [1.54, 1.807) is 35.8 Å². The summed E-state index contributed by atoms with van der Waals surface area (Å²) in [6.45, 7) is 0.107. The van der Waals surface area contributed by atoms with Gasteiger partial charge >= 0.3 is 5.97 Å². The molecule has 0 amide bonds. The van der Waals surface area contributed by atoms with E-state index in [1.807, 2.05) is 30.3 Å². The minimum absolute atomic E-state index is 0.107. The molecule has 3 heterocycles. The predicted molar refractivity (Wildman–Crippen MR) is 123 cm³/mol. The van der Waals surface area contributed by atoms with E-state index >= 15 is 0 Å². The van der Waals surface area contributed by atoms with Crippen molar-refractivity contribution in [1.82, 2.24) is 9.38 Å². The molecule has 33 heavy (non-hydrogen) atoms. The highest BCUT2D eigenvalue weighted by Gasteiger charge is 2.13. The number of hydrogen-bond acceptors (Lipinski definition) is 8. The van der Waals surface area contributed by atoms with Gasteiger partial charge in [0.1, 0.15) is 12.4 Å². The number of para-hydroxylation sites is 2. The molecule has 5 rings (SSSR count). The Balaban J connectivity index is 1.42. The van der Waals surface area contributed by atoms with Crippen molar-refractivity contribution >= 4 is 39.4 Å². The van der Waals surface area contributed by atoms with Crippen LogP contribution in [0.3, 0.4) is 0 Å². The molecular formula is C24H18N2O6S. The number of benzene rings is 2. The van der Waals surface area contributed by atoms with Crippen molar-refractivity contribution in [3.05, 3.63) is 86.6 Å². The topological polar surface area (TPSA) is 92.3 Å². The van der Waals surface area contributed by atoms with E-state index in [4.69, 9.17) is 13.9 Å². The van der Waals surface area contributed by atoms with Crippen LogP contribution in [0, 0.1) is 0 Å². The lowest BCUT2D eigenvalue weighted by Gasteiger charge is -2.10. The lowest BCUT2D eigenvalue weighted by atomic mass is 10.2. The molecule has 0 N–H and O–H groups in total. The van der Waals surface area contributed by atoms with Gasteiger partial charge in [-0.1, -0.05) is 29.5 Å². The Morgan fingerprint density at radius 3 is 2.79 bits per heavy atom. The maximum absolute atomic E-state index is 13.0. The van der Waals surface area contributed by atoms with E-state index < -0.39 is 5.97 Å². The van der Waals surface area contributed by atoms with Crippen LogP contribution < -0.4 is 19.6 Å². The number of carbonyl (C=O) groups is 1. The summed E-state index contributed by atoms with van der Waals surface area (Å²) >= 11 is 1.34. The number of esters is 1. The van der Waals surface area contributed by atoms with E-state index in [9.17, 15) is 9.59 Å². The number of methoxy groups -OCH3 is 2. The van der Waals surface area contributed by atoms with Gasteiger partial charge in [0.2, 0.25) is 5.76 Å². The first kappa shape index (κ1) is 20.8. The van der Waals surface area contributed by atoms with Crippen molar-refractivity contribution in [3.63, 3.8) is 0 Å². The standard InChI is InChI=1S/C24H18N2O6S/c1-29-20-11-14(7-9-18(20)31-13-15-8-10-19(32-15)23(28)30-2)12-21-22(27)26-17-6-4-3-5-16(17)25-24(26)33-21/h3-12H,13H2,1-2H3. The van der Waals surface area contributed by atoms with Crippen LogP contribution in [-0.2, 0) is 11.3 Å². The minimum Gasteiger partial charge on any atom is -0.493 e. The lowest BCUT2D eigenvalue weighted by molar-refractivity contribution is 0.0561. The molecule has 8 nitrogen and oxygen atoms in total. The Labute approximate surface area is 191 Å². The molecule has 0 aliphatic heterocycles. The molecule has 0 unspecified atom stereocenters. The zero-order valence-corrected chi connectivity index (χ0v) is 18.5. The largest absolute Gasteiger partial charge is 0.493 e. The predicted octanol–water partition coefficient (Wildman–Crippen LogP) is 3.42. The van der Waals surface area contributed by atoms with E-state index in [2.05, 4.69) is 9.72 Å². The van der Waals surface area contributed by atoms with Crippen molar-refractivity contribution in [2.24, 2.45) is 0 Å². The highest BCUT2D eigenvalue weighted by molar-refractivity contribution is 7.15. The average molecular weight is 462 g/mol. The quantitative estimate of drug-likeness (QED) is 0.357. The number of carbonyl (C=O) groups excluding carboxylic acids is 1. The second-order valence-corrected chi connectivity index (χ2v) is 8.10. The molecule has 0 bridgehead atoms. The van der Waals surface area contributed by atoms with Gasteiger partial charge in [0.15, 0.2) is 16.5 Å². The highest BCUT2D eigenvalue weighted by atomic mass is 32.1. The molecule has 0 spiro atoms. The van der Waals surface area contributed by atoms with Gasteiger partial charge in [-0.05, 0) is 48.0 Å². The summed E-state index contributed by atoms with van der Waals surface area (Å²) in [5, 5.41) is 0. The Kier molecular flexibility index (Phi) is 5.31. The van der Waals surface area contributed by atoms with E-state index in [-0.39, 0.29) is 17.9 Å². The zero-order chi connectivity index (χ0) is 22.9. The van der Waals surface area contributed by atoms with Crippen molar-refractivity contribution in [1.29, 1.82) is 0 Å². The first-order chi connectivity index (χ1) is 16.1. The Hall–Kier alpha value is -4.11. The average Bonchev–Trinajstić information content (AvgIpc) is 3.53. The van der Waals surface area contributed by atoms with Crippen LogP contribution in [0.1, 0.15) is 21.9 Å². The van der Waals surface area contributed by atoms with Gasteiger partial charge in [0.25, 0.3) is 5.56 Å². The fourth-order valence-electron chi connectivity index (χ4n) is 3.47. The van der Waals surface area contributed by atoms with Crippen molar-refractivity contribution in [2.45, 2.75) is 6.61 Å². The molecule has 0 saturated heterocycles. The van der Waals surface area contributed by atoms with Crippen LogP contribution in [0.5, 0.6) is 11.5 Å². The molecule has 0 aliphatic rings. The monoisotopic (exact) mass is 462 g/mol. The Bertz CT molecular complexity index is 1600. The molecule has 166 valence electrons. The van der Waals surface area contributed by atoms with Gasteiger partial charge in [-0.3, -0.25) is 4.79 Å². The number of rotatable bonds is 6. The first-order valence-corrected chi connectivity index (χ1v) is 10.8. The Morgan fingerprint density at radius 1 is 1.12 bits per heavy atom. The lowest BCUT2D eigenvalue weighted by Crippen LogP contribution is -2.22. The number of imidazole rings is 1. The number of ether oxygens (including phenoxy) is 3. The van der Waals surface area contributed by atoms with E-state index in [0.29, 0.717) is 26.8 Å². The summed E-state index contributed by atoms with van der Waals surface area (Å²) in [7, 11) is 2.83. The molecule has 0 atom stereocenters. The van der Waals surface area contributed by atoms with Gasteiger partial charge in [0, 0.05) is 0 Å². The van der Waals surface area contributed by atoms with Gasteiger partial charge < -0.3 is 18.6 Å². The van der Waals surface area contributed by atoms with Crippen molar-refractivity contribution in [3.8, 4) is 11.5 Å². The molecule has 2 aromatic carbocycles. The van der Waals surface area contributed by atoms with Crippen LogP contribution in [0.15, 0.2) is 63.8 Å². The van der Waals surface area contributed by atoms with Crippen LogP contribution >= 0.6 is 11.3 Å². The van der Waals surface area contributed by atoms with Crippen LogP contribution in [0.2, 0.25) is 0 Å². The summed E-state index contributed by atoms with van der Waals surface area (Å²) in [4.78, 5) is 29.7. The fourth-order valence-corrected chi connectivity index (χ4v) is 4.46. The van der Waals surface area contributed by atoms with Crippen LogP contribution in [0.25, 0.3) is 22.1 Å².